The van der Waals surface area contributed by atoms with Crippen LogP contribution in [-0.4, -0.2) is 39.2 Å². The first-order valence-electron chi connectivity index (χ1n) is 8.22. The summed E-state index contributed by atoms with van der Waals surface area (Å²) in [6, 6.07) is 13.4. The second-order valence-corrected chi connectivity index (χ2v) is 5.93. The summed E-state index contributed by atoms with van der Waals surface area (Å²) in [7, 11) is 0. The lowest BCUT2D eigenvalue weighted by Gasteiger charge is -2.08. The molecule has 0 aliphatic heterocycles. The van der Waals surface area contributed by atoms with Gasteiger partial charge >= 0.3 is 0 Å². The van der Waals surface area contributed by atoms with E-state index in [1.165, 1.54) is 0 Å². The van der Waals surface area contributed by atoms with Crippen molar-refractivity contribution in [3.63, 3.8) is 0 Å². The average molecular weight is 338 g/mol. The summed E-state index contributed by atoms with van der Waals surface area (Å²) >= 11 is 0. The third-order valence-electron chi connectivity index (χ3n) is 4.21. The van der Waals surface area contributed by atoms with Crippen LogP contribution in [0.5, 0.6) is 0 Å². The van der Waals surface area contributed by atoms with Crippen LogP contribution in [0.4, 0.5) is 5.95 Å². The number of tetrazole rings is 1. The van der Waals surface area contributed by atoms with Crippen molar-refractivity contribution in [2.75, 3.05) is 18.4 Å². The topological polar surface area (TPSA) is 97.9 Å². The van der Waals surface area contributed by atoms with Gasteiger partial charge in [-0.1, -0.05) is 23.3 Å². The largest absolute Gasteiger partial charge is 0.469 e. The van der Waals surface area contributed by atoms with E-state index in [2.05, 4.69) is 26.2 Å². The van der Waals surface area contributed by atoms with E-state index < -0.39 is 0 Å². The monoisotopic (exact) mass is 338 g/mol. The molecule has 0 radical (unpaired) electrons. The molecule has 0 bridgehead atoms. The zero-order chi connectivity index (χ0) is 17.1. The molecule has 4 rings (SSSR count). The maximum absolute atomic E-state index is 12.1. The van der Waals surface area contributed by atoms with E-state index in [9.17, 15) is 4.79 Å². The van der Waals surface area contributed by atoms with E-state index >= 15 is 0 Å². The molecular weight excluding hydrogens is 320 g/mol. The Kier molecular flexibility index (Phi) is 4.16. The van der Waals surface area contributed by atoms with Crippen LogP contribution in [0.1, 0.15) is 18.1 Å². The highest BCUT2D eigenvalue weighted by molar-refractivity contribution is 5.82. The van der Waals surface area contributed by atoms with Gasteiger partial charge in [-0.2, -0.15) is 4.68 Å². The first-order chi connectivity index (χ1) is 12.3. The fraction of sp³-hybridized carbons (Fsp3) is 0.294. The molecule has 1 amide bonds. The summed E-state index contributed by atoms with van der Waals surface area (Å²) in [5.74, 6) is 1.72. The summed E-state index contributed by atoms with van der Waals surface area (Å²) in [6.07, 6.45) is 2.49. The highest BCUT2D eigenvalue weighted by atomic mass is 16.3. The number of rotatable bonds is 7. The normalized spacial score (nSPS) is 18.7. The molecule has 2 atom stereocenters. The van der Waals surface area contributed by atoms with Crippen molar-refractivity contribution in [3.05, 3.63) is 54.5 Å². The van der Waals surface area contributed by atoms with Crippen molar-refractivity contribution in [2.24, 2.45) is 5.92 Å². The maximum atomic E-state index is 12.1. The van der Waals surface area contributed by atoms with Crippen molar-refractivity contribution in [1.82, 2.24) is 25.5 Å². The number of furan rings is 1. The van der Waals surface area contributed by atoms with Gasteiger partial charge in [0.25, 0.3) is 0 Å². The average Bonchev–Trinajstić information content (AvgIpc) is 3.06. The predicted octanol–water partition coefficient (Wildman–Crippen LogP) is 1.59. The van der Waals surface area contributed by atoms with Crippen LogP contribution in [0.15, 0.2) is 53.1 Å². The number of carbonyl (C=O) groups is 1. The van der Waals surface area contributed by atoms with Gasteiger partial charge in [0, 0.05) is 24.9 Å². The van der Waals surface area contributed by atoms with Crippen molar-refractivity contribution in [1.29, 1.82) is 0 Å². The number of hydrogen-bond donors (Lipinski definition) is 2. The molecular formula is C17H18N6O2. The van der Waals surface area contributed by atoms with E-state index in [4.69, 9.17) is 4.42 Å². The minimum absolute atomic E-state index is 0.0146. The molecule has 128 valence electrons. The maximum Gasteiger partial charge on any atom is 0.247 e. The van der Waals surface area contributed by atoms with E-state index in [1.807, 2.05) is 42.5 Å². The molecule has 3 aromatic rings. The number of nitrogens with zero attached hydrogens (tertiary/aromatic N) is 4. The van der Waals surface area contributed by atoms with Gasteiger partial charge in [-0.3, -0.25) is 4.79 Å². The molecule has 25 heavy (non-hydrogen) atoms. The number of aromatic nitrogens is 4. The van der Waals surface area contributed by atoms with Gasteiger partial charge in [0.15, 0.2) is 0 Å². The highest BCUT2D eigenvalue weighted by Gasteiger charge is 2.45. The molecule has 1 aliphatic carbocycles. The van der Waals surface area contributed by atoms with Crippen LogP contribution in [0.2, 0.25) is 0 Å². The molecule has 2 heterocycles. The Hall–Kier alpha value is -3.16. The summed E-state index contributed by atoms with van der Waals surface area (Å²) in [5, 5.41) is 17.7. The van der Waals surface area contributed by atoms with Gasteiger partial charge in [-0.15, -0.1) is 0 Å². The number of benzene rings is 1. The lowest BCUT2D eigenvalue weighted by molar-refractivity contribution is -0.122. The van der Waals surface area contributed by atoms with Gasteiger partial charge < -0.3 is 15.1 Å². The van der Waals surface area contributed by atoms with Gasteiger partial charge in [-0.25, -0.2) is 0 Å². The second kappa shape index (κ2) is 6.76. The van der Waals surface area contributed by atoms with Crippen LogP contribution in [0, 0.1) is 5.92 Å². The molecule has 2 aromatic heterocycles. The third kappa shape index (κ3) is 3.37. The standard InChI is InChI=1S/C17H18N6O2/c24-16(14-11-13(14)15-7-4-10-25-15)18-8-9-19-17-20-21-22-23(17)12-5-2-1-3-6-12/h1-7,10,13-14H,8-9,11H2,(H,18,24)(H,19,20,22)/t13-,14-/m1/s1. The molecule has 0 spiro atoms. The predicted molar refractivity (Wildman–Crippen MR) is 90.2 cm³/mol. The lowest BCUT2D eigenvalue weighted by atomic mass is 10.2. The molecule has 8 heteroatoms. The van der Waals surface area contributed by atoms with E-state index in [0.29, 0.717) is 19.0 Å². The highest BCUT2D eigenvalue weighted by Crippen LogP contribution is 2.47. The Morgan fingerprint density at radius 2 is 2.08 bits per heavy atom. The van der Waals surface area contributed by atoms with Crippen LogP contribution < -0.4 is 10.6 Å². The first-order valence-corrected chi connectivity index (χ1v) is 8.22. The molecule has 1 fully saturated rings. The van der Waals surface area contributed by atoms with Crippen LogP contribution >= 0.6 is 0 Å². The van der Waals surface area contributed by atoms with Crippen molar-refractivity contribution in [3.8, 4) is 5.69 Å². The molecule has 1 aliphatic rings. The fourth-order valence-electron chi connectivity index (χ4n) is 2.83. The van der Waals surface area contributed by atoms with E-state index in [-0.39, 0.29) is 17.7 Å². The Balaban J connectivity index is 1.24. The van der Waals surface area contributed by atoms with Crippen molar-refractivity contribution in [2.45, 2.75) is 12.3 Å². The zero-order valence-electron chi connectivity index (χ0n) is 13.5. The number of anilines is 1. The second-order valence-electron chi connectivity index (χ2n) is 5.93. The van der Waals surface area contributed by atoms with E-state index in [0.717, 1.165) is 17.9 Å². The SMILES string of the molecule is O=C(NCCNc1nnnn1-c1ccccc1)[C@@H]1C[C@H]1c1ccco1. The van der Waals surface area contributed by atoms with Crippen LogP contribution in [0.25, 0.3) is 5.69 Å². The Bertz CT molecular complexity index is 830. The minimum Gasteiger partial charge on any atom is -0.469 e. The Labute approximate surface area is 144 Å². The Morgan fingerprint density at radius 1 is 1.20 bits per heavy atom. The van der Waals surface area contributed by atoms with Crippen LogP contribution in [-0.2, 0) is 4.79 Å². The van der Waals surface area contributed by atoms with E-state index in [1.54, 1.807) is 10.9 Å². The molecule has 1 aromatic carbocycles. The minimum atomic E-state index is 0.0146. The van der Waals surface area contributed by atoms with Crippen LogP contribution in [0.3, 0.4) is 0 Å². The molecule has 8 nitrogen and oxygen atoms in total. The van der Waals surface area contributed by atoms with Gasteiger partial charge in [0.2, 0.25) is 11.9 Å². The van der Waals surface area contributed by atoms with Gasteiger partial charge in [0.1, 0.15) is 5.76 Å². The summed E-state index contributed by atoms with van der Waals surface area (Å²) in [6.45, 7) is 1.04. The number of nitrogens with one attached hydrogen (secondary N) is 2. The fourth-order valence-corrected chi connectivity index (χ4v) is 2.83. The number of carbonyl (C=O) groups excluding carboxylic acids is 1. The number of hydrogen-bond acceptors (Lipinski definition) is 6. The quantitative estimate of drug-likeness (QED) is 0.635. The molecule has 1 saturated carbocycles. The number of para-hydroxylation sites is 1. The number of amides is 1. The summed E-state index contributed by atoms with van der Waals surface area (Å²) < 4.78 is 6.97. The first kappa shape index (κ1) is 15.4. The third-order valence-corrected chi connectivity index (χ3v) is 4.21. The van der Waals surface area contributed by atoms with Gasteiger partial charge in [0.05, 0.1) is 12.0 Å². The smallest absolute Gasteiger partial charge is 0.247 e. The summed E-state index contributed by atoms with van der Waals surface area (Å²) in [4.78, 5) is 12.1. The molecule has 2 N–H and O–H groups in total. The summed E-state index contributed by atoms with van der Waals surface area (Å²) in [5.41, 5.74) is 0.873. The van der Waals surface area contributed by atoms with Crippen molar-refractivity contribution < 1.29 is 9.21 Å². The molecule has 0 saturated heterocycles. The van der Waals surface area contributed by atoms with Gasteiger partial charge in [-0.05, 0) is 41.1 Å². The molecule has 0 unspecified atom stereocenters. The Morgan fingerprint density at radius 3 is 2.88 bits per heavy atom. The van der Waals surface area contributed by atoms with Crippen molar-refractivity contribution >= 4 is 11.9 Å². The lowest BCUT2D eigenvalue weighted by Crippen LogP contribution is -2.30. The zero-order valence-corrected chi connectivity index (χ0v) is 13.5.